The van der Waals surface area contributed by atoms with Gasteiger partial charge in [0.15, 0.2) is 0 Å². The smallest absolute Gasteiger partial charge is 0.229 e. The molecule has 108 valence electrons. The summed E-state index contributed by atoms with van der Waals surface area (Å²) in [6.07, 6.45) is 1.23. The SMILES string of the molecule is COC(C)C(C)Nc1ccc(NS(C)(=O)=O)c(C)c1. The topological polar surface area (TPSA) is 67.4 Å². The van der Waals surface area contributed by atoms with Crippen molar-refractivity contribution in [2.24, 2.45) is 0 Å². The Hall–Kier alpha value is -1.27. The van der Waals surface area contributed by atoms with E-state index in [1.54, 1.807) is 13.2 Å². The molecule has 0 aliphatic heterocycles. The van der Waals surface area contributed by atoms with Gasteiger partial charge in [-0.1, -0.05) is 0 Å². The van der Waals surface area contributed by atoms with Crippen LogP contribution in [-0.2, 0) is 14.8 Å². The molecule has 5 nitrogen and oxygen atoms in total. The number of hydrogen-bond donors (Lipinski definition) is 2. The fraction of sp³-hybridized carbons (Fsp3) is 0.538. The van der Waals surface area contributed by atoms with Gasteiger partial charge in [0, 0.05) is 18.8 Å². The van der Waals surface area contributed by atoms with Crippen LogP contribution in [0, 0.1) is 6.92 Å². The van der Waals surface area contributed by atoms with Crippen LogP contribution in [0.5, 0.6) is 0 Å². The van der Waals surface area contributed by atoms with Crippen LogP contribution in [0.1, 0.15) is 19.4 Å². The first-order valence-electron chi connectivity index (χ1n) is 6.10. The van der Waals surface area contributed by atoms with Gasteiger partial charge in [0.25, 0.3) is 0 Å². The zero-order chi connectivity index (χ0) is 14.6. The molecule has 19 heavy (non-hydrogen) atoms. The molecule has 1 aromatic carbocycles. The predicted octanol–water partition coefficient (Wildman–Crippen LogP) is 2.20. The number of methoxy groups -OCH3 is 1. The maximum Gasteiger partial charge on any atom is 0.229 e. The van der Waals surface area contributed by atoms with Gasteiger partial charge in [-0.15, -0.1) is 0 Å². The first-order chi connectivity index (χ1) is 8.73. The molecule has 0 aliphatic rings. The van der Waals surface area contributed by atoms with Crippen molar-refractivity contribution in [1.82, 2.24) is 0 Å². The highest BCUT2D eigenvalue weighted by atomic mass is 32.2. The number of hydrogen-bond acceptors (Lipinski definition) is 4. The Bertz CT molecular complexity index is 529. The highest BCUT2D eigenvalue weighted by Gasteiger charge is 2.11. The Labute approximate surface area is 115 Å². The number of ether oxygens (including phenoxy) is 1. The first kappa shape index (κ1) is 15.8. The molecule has 0 spiro atoms. The van der Waals surface area contributed by atoms with Crippen molar-refractivity contribution in [3.05, 3.63) is 23.8 Å². The van der Waals surface area contributed by atoms with E-state index in [-0.39, 0.29) is 12.1 Å². The minimum atomic E-state index is -3.24. The van der Waals surface area contributed by atoms with Crippen LogP contribution in [0.3, 0.4) is 0 Å². The van der Waals surface area contributed by atoms with E-state index in [0.29, 0.717) is 5.69 Å². The second-order valence-corrected chi connectivity index (χ2v) is 6.53. The molecular formula is C13H22N2O3S. The van der Waals surface area contributed by atoms with Crippen molar-refractivity contribution in [2.75, 3.05) is 23.4 Å². The zero-order valence-electron chi connectivity index (χ0n) is 12.0. The Morgan fingerprint density at radius 3 is 2.37 bits per heavy atom. The summed E-state index contributed by atoms with van der Waals surface area (Å²) in [6.45, 7) is 5.89. The van der Waals surface area contributed by atoms with Crippen molar-refractivity contribution in [1.29, 1.82) is 0 Å². The molecule has 1 aromatic rings. The summed E-state index contributed by atoms with van der Waals surface area (Å²) >= 11 is 0. The molecule has 0 bridgehead atoms. The highest BCUT2D eigenvalue weighted by molar-refractivity contribution is 7.92. The zero-order valence-corrected chi connectivity index (χ0v) is 12.8. The lowest BCUT2D eigenvalue weighted by molar-refractivity contribution is 0.106. The average Bonchev–Trinajstić information content (AvgIpc) is 2.30. The molecule has 0 aromatic heterocycles. The predicted molar refractivity (Wildman–Crippen MR) is 79.2 cm³/mol. The van der Waals surface area contributed by atoms with Gasteiger partial charge in [0.1, 0.15) is 0 Å². The number of aryl methyl sites for hydroxylation is 1. The Morgan fingerprint density at radius 1 is 1.26 bits per heavy atom. The van der Waals surface area contributed by atoms with Gasteiger partial charge >= 0.3 is 0 Å². The van der Waals surface area contributed by atoms with Crippen LogP contribution >= 0.6 is 0 Å². The number of nitrogens with one attached hydrogen (secondary N) is 2. The minimum absolute atomic E-state index is 0.0918. The van der Waals surface area contributed by atoms with E-state index in [4.69, 9.17) is 4.74 Å². The standard InChI is InChI=1S/C13H22N2O3S/c1-9-8-12(14-10(2)11(3)18-4)6-7-13(9)15-19(5,16)17/h6-8,10-11,14-15H,1-5H3. The molecule has 0 saturated heterocycles. The number of anilines is 2. The van der Waals surface area contributed by atoms with Gasteiger partial charge in [0.2, 0.25) is 10.0 Å². The molecule has 2 unspecified atom stereocenters. The second kappa shape index (κ2) is 6.25. The fourth-order valence-electron chi connectivity index (χ4n) is 1.65. The maximum absolute atomic E-state index is 11.2. The third kappa shape index (κ3) is 5.08. The van der Waals surface area contributed by atoms with E-state index < -0.39 is 10.0 Å². The Balaban J connectivity index is 2.82. The monoisotopic (exact) mass is 286 g/mol. The minimum Gasteiger partial charge on any atom is -0.380 e. The normalized spacial score (nSPS) is 14.8. The molecule has 6 heteroatoms. The average molecular weight is 286 g/mol. The Kier molecular flexibility index (Phi) is 5.20. The van der Waals surface area contributed by atoms with E-state index in [1.165, 1.54) is 0 Å². The first-order valence-corrected chi connectivity index (χ1v) is 8.00. The van der Waals surface area contributed by atoms with Crippen molar-refractivity contribution >= 4 is 21.4 Å². The van der Waals surface area contributed by atoms with Gasteiger partial charge < -0.3 is 10.1 Å². The quantitative estimate of drug-likeness (QED) is 0.841. The highest BCUT2D eigenvalue weighted by Crippen LogP contribution is 2.21. The summed E-state index contributed by atoms with van der Waals surface area (Å²) in [4.78, 5) is 0. The lowest BCUT2D eigenvalue weighted by atomic mass is 10.1. The molecule has 2 N–H and O–H groups in total. The van der Waals surface area contributed by atoms with Crippen LogP contribution in [0.25, 0.3) is 0 Å². The molecule has 0 aliphatic carbocycles. The molecule has 2 atom stereocenters. The van der Waals surface area contributed by atoms with Crippen molar-refractivity contribution in [3.8, 4) is 0 Å². The van der Waals surface area contributed by atoms with Gasteiger partial charge in [-0.2, -0.15) is 0 Å². The van der Waals surface area contributed by atoms with E-state index in [2.05, 4.69) is 10.0 Å². The summed E-state index contributed by atoms with van der Waals surface area (Å²) in [5.41, 5.74) is 2.40. The largest absolute Gasteiger partial charge is 0.380 e. The Morgan fingerprint density at radius 2 is 1.89 bits per heavy atom. The molecule has 0 fully saturated rings. The number of rotatable bonds is 6. The fourth-order valence-corrected chi connectivity index (χ4v) is 2.28. The molecule has 0 amide bonds. The van der Waals surface area contributed by atoms with E-state index in [1.807, 2.05) is 32.9 Å². The molecule has 0 radical (unpaired) electrons. The van der Waals surface area contributed by atoms with Gasteiger partial charge in [0.05, 0.1) is 18.0 Å². The third-order valence-corrected chi connectivity index (χ3v) is 3.58. The molecule has 1 rings (SSSR count). The summed E-state index contributed by atoms with van der Waals surface area (Å²) < 4.78 is 30.1. The van der Waals surface area contributed by atoms with Crippen LogP contribution in [0.4, 0.5) is 11.4 Å². The lowest BCUT2D eigenvalue weighted by Gasteiger charge is -2.21. The van der Waals surface area contributed by atoms with Gasteiger partial charge in [-0.3, -0.25) is 4.72 Å². The molecule has 0 saturated carbocycles. The van der Waals surface area contributed by atoms with Gasteiger partial charge in [-0.05, 0) is 44.5 Å². The summed E-state index contributed by atoms with van der Waals surface area (Å²) in [6, 6.07) is 5.67. The van der Waals surface area contributed by atoms with E-state index in [0.717, 1.165) is 17.5 Å². The van der Waals surface area contributed by atoms with Gasteiger partial charge in [-0.25, -0.2) is 8.42 Å². The lowest BCUT2D eigenvalue weighted by Crippen LogP contribution is -2.29. The maximum atomic E-state index is 11.2. The second-order valence-electron chi connectivity index (χ2n) is 4.78. The van der Waals surface area contributed by atoms with Crippen LogP contribution in [0.2, 0.25) is 0 Å². The summed E-state index contributed by atoms with van der Waals surface area (Å²) in [5, 5.41) is 3.32. The number of benzene rings is 1. The number of sulfonamides is 1. The van der Waals surface area contributed by atoms with Crippen molar-refractivity contribution < 1.29 is 13.2 Å². The molecule has 0 heterocycles. The van der Waals surface area contributed by atoms with E-state index >= 15 is 0 Å². The van der Waals surface area contributed by atoms with Crippen molar-refractivity contribution in [3.63, 3.8) is 0 Å². The third-order valence-electron chi connectivity index (χ3n) is 2.99. The van der Waals surface area contributed by atoms with Crippen LogP contribution < -0.4 is 10.0 Å². The summed E-state index contributed by atoms with van der Waals surface area (Å²) in [7, 11) is -1.57. The van der Waals surface area contributed by atoms with Crippen LogP contribution in [0.15, 0.2) is 18.2 Å². The van der Waals surface area contributed by atoms with E-state index in [9.17, 15) is 8.42 Å². The summed E-state index contributed by atoms with van der Waals surface area (Å²) in [5.74, 6) is 0. The molecular weight excluding hydrogens is 264 g/mol. The van der Waals surface area contributed by atoms with Crippen molar-refractivity contribution in [2.45, 2.75) is 32.9 Å². The van der Waals surface area contributed by atoms with Crippen LogP contribution in [-0.4, -0.2) is 33.9 Å².